The van der Waals surface area contributed by atoms with Gasteiger partial charge in [0.1, 0.15) is 0 Å². The van der Waals surface area contributed by atoms with Gasteiger partial charge in [-0.1, -0.05) is 32.5 Å². The van der Waals surface area contributed by atoms with Crippen LogP contribution in [0.25, 0.3) is 0 Å². The Hall–Kier alpha value is 0.567. The molecule has 0 atom stereocenters. The molecule has 9 heavy (non-hydrogen) atoms. The van der Waals surface area contributed by atoms with Crippen molar-refractivity contribution >= 4 is 20.7 Å². The molecule has 0 aliphatic rings. The van der Waals surface area contributed by atoms with Crippen molar-refractivity contribution in [2.75, 3.05) is 5.75 Å². The molecule has 0 spiro atoms. The molecule has 0 amide bonds. The zero-order valence-corrected chi connectivity index (χ0v) is 8.83. The summed E-state index contributed by atoms with van der Waals surface area (Å²) in [5.41, 5.74) is 0.907. The van der Waals surface area contributed by atoms with Crippen molar-refractivity contribution in [2.24, 2.45) is 0 Å². The van der Waals surface area contributed by atoms with Crippen molar-refractivity contribution in [1.82, 2.24) is 0 Å². The van der Waals surface area contributed by atoms with E-state index in [2.05, 4.69) is 39.6 Å². The molecule has 2 heteroatoms. The van der Waals surface area contributed by atoms with Crippen LogP contribution in [-0.2, 0) is 0 Å². The zero-order valence-electron chi connectivity index (χ0n) is 6.94. The van der Waals surface area contributed by atoms with E-state index in [0.29, 0.717) is 0 Å². The molecule has 56 valence electrons. The van der Waals surface area contributed by atoms with E-state index in [1.54, 1.807) is 0 Å². The highest BCUT2D eigenvalue weighted by atomic mass is 32.1. The molecule has 0 saturated carbocycles. The zero-order chi connectivity index (χ0) is 7.49. The summed E-state index contributed by atoms with van der Waals surface area (Å²) in [6.07, 6.45) is 0. The van der Waals surface area contributed by atoms with Gasteiger partial charge in [-0.2, -0.15) is 12.6 Å². The van der Waals surface area contributed by atoms with Crippen LogP contribution in [-0.4, -0.2) is 13.8 Å². The molecule has 0 nitrogen and oxygen atoms in total. The van der Waals surface area contributed by atoms with Crippen LogP contribution in [0.2, 0.25) is 24.7 Å². The summed E-state index contributed by atoms with van der Waals surface area (Å²) in [5.74, 6) is 1.07. The maximum absolute atomic E-state index is 4.24. The Morgan fingerprint density at radius 3 is 1.89 bits per heavy atom. The van der Waals surface area contributed by atoms with Gasteiger partial charge in [-0.25, -0.2) is 0 Å². The van der Waals surface area contributed by atoms with Crippen molar-refractivity contribution in [3.8, 4) is 0 Å². The average Bonchev–Trinajstić information content (AvgIpc) is 1.65. The predicted octanol–water partition coefficient (Wildman–Crippen LogP) is 3.03. The standard InChI is InChI=1S/C7H18SSi/c1-7(2)9(3,4)6-5-8/h7-8H,5-6H2,1-4H3. The molecule has 0 fully saturated rings. The summed E-state index contributed by atoms with van der Waals surface area (Å²) >= 11 is 4.24. The highest BCUT2D eigenvalue weighted by Gasteiger charge is 2.22. The summed E-state index contributed by atoms with van der Waals surface area (Å²) in [6, 6.07) is 1.35. The molecule has 0 aromatic carbocycles. The molecule has 0 N–H and O–H groups in total. The minimum absolute atomic E-state index is 0.857. The maximum atomic E-state index is 4.24. The van der Waals surface area contributed by atoms with Crippen LogP contribution in [0.1, 0.15) is 13.8 Å². The minimum Gasteiger partial charge on any atom is -0.180 e. The van der Waals surface area contributed by atoms with E-state index in [1.165, 1.54) is 6.04 Å². The van der Waals surface area contributed by atoms with Crippen molar-refractivity contribution < 1.29 is 0 Å². The first kappa shape index (κ1) is 9.57. The first-order valence-corrected chi connectivity index (χ1v) is 7.53. The average molecular weight is 162 g/mol. The van der Waals surface area contributed by atoms with Gasteiger partial charge < -0.3 is 0 Å². The topological polar surface area (TPSA) is 0 Å². The highest BCUT2D eigenvalue weighted by Crippen LogP contribution is 2.24. The third-order valence-electron chi connectivity index (χ3n) is 2.32. The molecule has 0 aromatic heterocycles. The van der Waals surface area contributed by atoms with Crippen molar-refractivity contribution in [3.05, 3.63) is 0 Å². The van der Waals surface area contributed by atoms with Gasteiger partial charge in [-0.3, -0.25) is 0 Å². The Bertz CT molecular complexity index is 79.0. The predicted molar refractivity (Wildman–Crippen MR) is 51.2 cm³/mol. The third kappa shape index (κ3) is 3.31. The second-order valence-electron chi connectivity index (χ2n) is 3.62. The molecule has 0 heterocycles. The number of thiol groups is 1. The van der Waals surface area contributed by atoms with Crippen LogP contribution in [0.5, 0.6) is 0 Å². The van der Waals surface area contributed by atoms with Crippen LogP contribution in [0, 0.1) is 0 Å². The lowest BCUT2D eigenvalue weighted by atomic mass is 10.6. The Kier molecular flexibility index (Phi) is 3.90. The highest BCUT2D eigenvalue weighted by molar-refractivity contribution is 7.80. The fourth-order valence-electron chi connectivity index (χ4n) is 0.577. The van der Waals surface area contributed by atoms with Gasteiger partial charge >= 0.3 is 0 Å². The Labute approximate surface area is 65.5 Å². The van der Waals surface area contributed by atoms with Crippen molar-refractivity contribution in [2.45, 2.75) is 38.5 Å². The van der Waals surface area contributed by atoms with Crippen molar-refractivity contribution in [1.29, 1.82) is 0 Å². The van der Waals surface area contributed by atoms with E-state index in [9.17, 15) is 0 Å². The fraction of sp³-hybridized carbons (Fsp3) is 1.00. The SMILES string of the molecule is CC(C)[Si](C)(C)CCS. The van der Waals surface area contributed by atoms with Gasteiger partial charge in [0.2, 0.25) is 0 Å². The van der Waals surface area contributed by atoms with E-state index in [4.69, 9.17) is 0 Å². The smallest absolute Gasteiger partial charge is 0.0507 e. The molecule has 0 radical (unpaired) electrons. The molecule has 0 rings (SSSR count). The second kappa shape index (κ2) is 3.67. The van der Waals surface area contributed by atoms with E-state index >= 15 is 0 Å². The Morgan fingerprint density at radius 2 is 1.78 bits per heavy atom. The van der Waals surface area contributed by atoms with Gasteiger partial charge in [-0.05, 0) is 11.8 Å². The number of rotatable bonds is 3. The fourth-order valence-corrected chi connectivity index (χ4v) is 3.46. The Balaban J connectivity index is 3.70. The van der Waals surface area contributed by atoms with Gasteiger partial charge in [0, 0.05) is 0 Å². The van der Waals surface area contributed by atoms with E-state index in [0.717, 1.165) is 11.3 Å². The quantitative estimate of drug-likeness (QED) is 0.478. The van der Waals surface area contributed by atoms with E-state index < -0.39 is 8.07 Å². The van der Waals surface area contributed by atoms with E-state index in [-0.39, 0.29) is 0 Å². The van der Waals surface area contributed by atoms with Gasteiger partial charge in [-0.15, -0.1) is 0 Å². The maximum Gasteiger partial charge on any atom is 0.0507 e. The lowest BCUT2D eigenvalue weighted by molar-refractivity contribution is 0.993. The van der Waals surface area contributed by atoms with E-state index in [1.807, 2.05) is 0 Å². The lowest BCUT2D eigenvalue weighted by Gasteiger charge is -2.25. The van der Waals surface area contributed by atoms with Crippen molar-refractivity contribution in [3.63, 3.8) is 0 Å². The monoisotopic (exact) mass is 162 g/mol. The third-order valence-corrected chi connectivity index (χ3v) is 7.63. The normalized spacial score (nSPS) is 12.7. The van der Waals surface area contributed by atoms with Crippen LogP contribution in [0.15, 0.2) is 0 Å². The van der Waals surface area contributed by atoms with Gasteiger partial charge in [0.25, 0.3) is 0 Å². The summed E-state index contributed by atoms with van der Waals surface area (Å²) in [6.45, 7) is 9.53. The first-order valence-electron chi connectivity index (χ1n) is 3.61. The Morgan fingerprint density at radius 1 is 1.33 bits per heavy atom. The molecule has 0 saturated heterocycles. The second-order valence-corrected chi connectivity index (χ2v) is 9.70. The van der Waals surface area contributed by atoms with Crippen LogP contribution >= 0.6 is 12.6 Å². The number of hydrogen-bond donors (Lipinski definition) is 1. The van der Waals surface area contributed by atoms with Crippen LogP contribution < -0.4 is 0 Å². The molecule has 0 unspecified atom stereocenters. The minimum atomic E-state index is -0.857. The molecule has 0 bridgehead atoms. The summed E-state index contributed by atoms with van der Waals surface area (Å²) in [5, 5.41) is 0. The summed E-state index contributed by atoms with van der Waals surface area (Å²) in [4.78, 5) is 0. The molecule has 0 aromatic rings. The summed E-state index contributed by atoms with van der Waals surface area (Å²) < 4.78 is 0. The molecule has 0 aliphatic heterocycles. The van der Waals surface area contributed by atoms with Gasteiger partial charge in [0.15, 0.2) is 0 Å². The van der Waals surface area contributed by atoms with Crippen LogP contribution in [0.4, 0.5) is 0 Å². The molecule has 0 aliphatic carbocycles. The molecular weight excluding hydrogens is 144 g/mol. The largest absolute Gasteiger partial charge is 0.180 e. The lowest BCUT2D eigenvalue weighted by Crippen LogP contribution is -2.29. The molecular formula is C7H18SSi. The van der Waals surface area contributed by atoms with Crippen LogP contribution in [0.3, 0.4) is 0 Å². The first-order chi connectivity index (χ1) is 4.00. The number of hydrogen-bond acceptors (Lipinski definition) is 1. The van der Waals surface area contributed by atoms with Gasteiger partial charge in [0.05, 0.1) is 8.07 Å². The summed E-state index contributed by atoms with van der Waals surface area (Å²) in [7, 11) is -0.857.